The number of hydrogen-bond donors (Lipinski definition) is 1. The number of hydrogen-bond acceptors (Lipinski definition) is 2. The molecule has 1 unspecified atom stereocenters. The van der Waals surface area contributed by atoms with E-state index in [1.165, 1.54) is 0 Å². The summed E-state index contributed by atoms with van der Waals surface area (Å²) in [7, 11) is 0. The number of rotatable bonds is 1. The van der Waals surface area contributed by atoms with E-state index in [1.807, 2.05) is 0 Å². The molecule has 2 nitrogen and oxygen atoms in total. The molecule has 2 aliphatic rings. The quantitative estimate of drug-likeness (QED) is 0.633. The first-order chi connectivity index (χ1) is 5.61. The van der Waals surface area contributed by atoms with Gasteiger partial charge in [-0.15, -0.1) is 0 Å². The highest BCUT2D eigenvalue weighted by molar-refractivity contribution is 5.07. The standard InChI is InChI=1S/C9H17FN2/c1-5(2)12-4-6-3-7(10)9(12)8(6)11/h5-9H,3-4,11H2,1-2H3/t6-,7?,8-,9-/m1/s1. The fourth-order valence-electron chi connectivity index (χ4n) is 2.68. The zero-order valence-corrected chi connectivity index (χ0v) is 7.70. The van der Waals surface area contributed by atoms with Crippen LogP contribution in [-0.2, 0) is 0 Å². The fourth-order valence-corrected chi connectivity index (χ4v) is 2.68. The molecule has 70 valence electrons. The highest BCUT2D eigenvalue weighted by Gasteiger charge is 2.51. The lowest BCUT2D eigenvalue weighted by Gasteiger charge is -2.32. The van der Waals surface area contributed by atoms with Gasteiger partial charge in [-0.3, -0.25) is 4.90 Å². The predicted octanol–water partition coefficient (Wildman–Crippen LogP) is 0.764. The van der Waals surface area contributed by atoms with E-state index in [9.17, 15) is 4.39 Å². The second-order valence-electron chi connectivity index (χ2n) is 4.37. The summed E-state index contributed by atoms with van der Waals surface area (Å²) < 4.78 is 13.4. The predicted molar refractivity (Wildman–Crippen MR) is 46.6 cm³/mol. The second kappa shape index (κ2) is 2.67. The zero-order valence-electron chi connectivity index (χ0n) is 7.70. The molecule has 0 amide bonds. The third-order valence-electron chi connectivity index (χ3n) is 3.33. The largest absolute Gasteiger partial charge is 0.326 e. The minimum Gasteiger partial charge on any atom is -0.326 e. The summed E-state index contributed by atoms with van der Waals surface area (Å²) in [6, 6.07) is 0.530. The number of fused-ring (bicyclic) bond motifs is 2. The summed E-state index contributed by atoms with van der Waals surface area (Å²) in [6.45, 7) is 5.23. The average molecular weight is 172 g/mol. The molecule has 1 aliphatic heterocycles. The van der Waals surface area contributed by atoms with Crippen LogP contribution in [0.2, 0.25) is 0 Å². The average Bonchev–Trinajstić information content (AvgIpc) is 2.42. The highest BCUT2D eigenvalue weighted by Crippen LogP contribution is 2.39. The topological polar surface area (TPSA) is 29.3 Å². The smallest absolute Gasteiger partial charge is 0.117 e. The van der Waals surface area contributed by atoms with Crippen LogP contribution in [0.4, 0.5) is 4.39 Å². The van der Waals surface area contributed by atoms with Crippen molar-refractivity contribution in [2.45, 2.75) is 44.6 Å². The van der Waals surface area contributed by atoms with Gasteiger partial charge >= 0.3 is 0 Å². The van der Waals surface area contributed by atoms with E-state index >= 15 is 0 Å². The molecule has 1 saturated heterocycles. The first-order valence-electron chi connectivity index (χ1n) is 4.76. The second-order valence-corrected chi connectivity index (χ2v) is 4.37. The number of nitrogens with zero attached hydrogens (tertiary/aromatic N) is 1. The molecule has 0 aromatic heterocycles. The van der Waals surface area contributed by atoms with Crippen LogP contribution in [0.1, 0.15) is 20.3 Å². The summed E-state index contributed by atoms with van der Waals surface area (Å²) in [6.07, 6.45) is 0.0100. The van der Waals surface area contributed by atoms with Crippen molar-refractivity contribution in [2.75, 3.05) is 6.54 Å². The Kier molecular flexibility index (Phi) is 1.88. The maximum absolute atomic E-state index is 13.4. The molecular weight excluding hydrogens is 155 g/mol. The van der Waals surface area contributed by atoms with Gasteiger partial charge in [0.25, 0.3) is 0 Å². The molecule has 12 heavy (non-hydrogen) atoms. The van der Waals surface area contributed by atoms with Gasteiger partial charge in [0.1, 0.15) is 6.17 Å². The first-order valence-corrected chi connectivity index (χ1v) is 4.76. The summed E-state index contributed by atoms with van der Waals surface area (Å²) in [4.78, 5) is 2.21. The molecule has 2 rings (SSSR count). The van der Waals surface area contributed by atoms with Crippen molar-refractivity contribution in [3.05, 3.63) is 0 Å². The van der Waals surface area contributed by atoms with Crippen LogP contribution in [0.3, 0.4) is 0 Å². The summed E-state index contributed by atoms with van der Waals surface area (Å²) in [5, 5.41) is 0. The number of alkyl halides is 1. The van der Waals surface area contributed by atoms with Gasteiger partial charge in [-0.25, -0.2) is 4.39 Å². The Labute approximate surface area is 72.9 Å². The van der Waals surface area contributed by atoms with Crippen LogP contribution in [0.15, 0.2) is 0 Å². The van der Waals surface area contributed by atoms with Crippen molar-refractivity contribution in [2.24, 2.45) is 11.7 Å². The number of piperidine rings is 1. The summed E-state index contributed by atoms with van der Waals surface area (Å²) in [5.74, 6) is 0.410. The summed E-state index contributed by atoms with van der Waals surface area (Å²) in [5.41, 5.74) is 5.92. The van der Waals surface area contributed by atoms with Gasteiger partial charge in [-0.05, 0) is 26.2 Å². The molecule has 0 aromatic rings. The third-order valence-corrected chi connectivity index (χ3v) is 3.33. The Morgan fingerprint density at radius 1 is 1.50 bits per heavy atom. The van der Waals surface area contributed by atoms with Gasteiger partial charge in [-0.2, -0.15) is 0 Å². The molecule has 1 heterocycles. The fraction of sp³-hybridized carbons (Fsp3) is 1.00. The van der Waals surface area contributed by atoms with Gasteiger partial charge < -0.3 is 5.73 Å². The van der Waals surface area contributed by atoms with Crippen LogP contribution in [0.5, 0.6) is 0 Å². The number of nitrogens with two attached hydrogens (primary N) is 1. The Morgan fingerprint density at radius 3 is 2.50 bits per heavy atom. The lowest BCUT2D eigenvalue weighted by Crippen LogP contribution is -2.46. The zero-order chi connectivity index (χ0) is 8.88. The van der Waals surface area contributed by atoms with Gasteiger partial charge in [-0.1, -0.05) is 0 Å². The maximum atomic E-state index is 13.4. The van der Waals surface area contributed by atoms with Gasteiger partial charge in [0, 0.05) is 18.6 Å². The van der Waals surface area contributed by atoms with Crippen LogP contribution in [-0.4, -0.2) is 35.7 Å². The molecule has 2 N–H and O–H groups in total. The van der Waals surface area contributed by atoms with Crippen molar-refractivity contribution in [3.63, 3.8) is 0 Å². The lowest BCUT2D eigenvalue weighted by atomic mass is 10.1. The van der Waals surface area contributed by atoms with Crippen molar-refractivity contribution in [1.82, 2.24) is 4.90 Å². The van der Waals surface area contributed by atoms with Crippen molar-refractivity contribution in [1.29, 1.82) is 0 Å². The minimum absolute atomic E-state index is 0.00926. The number of halogens is 1. The Morgan fingerprint density at radius 2 is 2.17 bits per heavy atom. The first kappa shape index (κ1) is 8.45. The van der Waals surface area contributed by atoms with Crippen molar-refractivity contribution >= 4 is 0 Å². The van der Waals surface area contributed by atoms with Crippen LogP contribution in [0.25, 0.3) is 0 Å². The van der Waals surface area contributed by atoms with Crippen LogP contribution in [0, 0.1) is 5.92 Å². The molecule has 0 radical (unpaired) electrons. The molecule has 1 saturated carbocycles. The SMILES string of the molecule is CC(C)N1C[C@H]2CC(F)[C@@H]1[C@@H]2N. The molecule has 0 aromatic carbocycles. The molecule has 3 heteroatoms. The van der Waals surface area contributed by atoms with Crippen LogP contribution < -0.4 is 5.73 Å². The molecule has 0 spiro atoms. The van der Waals surface area contributed by atoms with E-state index in [0.29, 0.717) is 18.4 Å². The van der Waals surface area contributed by atoms with Gasteiger partial charge in [0.2, 0.25) is 0 Å². The molecular formula is C9H17FN2. The molecule has 1 aliphatic carbocycles. The van der Waals surface area contributed by atoms with E-state index in [2.05, 4.69) is 18.7 Å². The van der Waals surface area contributed by atoms with Gasteiger partial charge in [0.15, 0.2) is 0 Å². The number of likely N-dealkylation sites (tertiary alicyclic amines) is 1. The maximum Gasteiger partial charge on any atom is 0.117 e. The van der Waals surface area contributed by atoms with Crippen LogP contribution >= 0.6 is 0 Å². The molecule has 2 fully saturated rings. The highest BCUT2D eigenvalue weighted by atomic mass is 19.1. The molecule has 4 atom stereocenters. The third kappa shape index (κ3) is 0.995. The Hall–Kier alpha value is -0.150. The lowest BCUT2D eigenvalue weighted by molar-refractivity contribution is 0.0944. The summed E-state index contributed by atoms with van der Waals surface area (Å²) >= 11 is 0. The van der Waals surface area contributed by atoms with E-state index < -0.39 is 6.17 Å². The molecule has 2 bridgehead atoms. The van der Waals surface area contributed by atoms with Crippen molar-refractivity contribution in [3.8, 4) is 0 Å². The normalized spacial score (nSPS) is 47.8. The van der Waals surface area contributed by atoms with Crippen molar-refractivity contribution < 1.29 is 4.39 Å². The van der Waals surface area contributed by atoms with E-state index in [1.54, 1.807) is 0 Å². The Balaban J connectivity index is 2.14. The van der Waals surface area contributed by atoms with E-state index in [-0.39, 0.29) is 12.1 Å². The van der Waals surface area contributed by atoms with E-state index in [4.69, 9.17) is 5.73 Å². The van der Waals surface area contributed by atoms with Gasteiger partial charge in [0.05, 0.1) is 6.04 Å². The monoisotopic (exact) mass is 172 g/mol. The minimum atomic E-state index is -0.679. The van der Waals surface area contributed by atoms with E-state index in [0.717, 1.165) is 6.54 Å². The Bertz CT molecular complexity index is 183.